The van der Waals surface area contributed by atoms with Gasteiger partial charge < -0.3 is 24.2 Å². The van der Waals surface area contributed by atoms with Crippen LogP contribution in [0.15, 0.2) is 93.5 Å². The maximum Gasteiger partial charge on any atom is 0.267 e. The van der Waals surface area contributed by atoms with Crippen LogP contribution in [0.25, 0.3) is 16.3 Å². The first-order valence-electron chi connectivity index (χ1n) is 18.2. The van der Waals surface area contributed by atoms with Gasteiger partial charge in [0.1, 0.15) is 4.70 Å². The third kappa shape index (κ3) is 9.26. The summed E-state index contributed by atoms with van der Waals surface area (Å²) in [6.07, 6.45) is 11.4. The highest BCUT2D eigenvalue weighted by atomic mass is 32.2. The molecule has 6 rings (SSSR count). The van der Waals surface area contributed by atoms with Crippen LogP contribution in [-0.4, -0.2) is 105 Å². The number of piperazine rings is 1. The summed E-state index contributed by atoms with van der Waals surface area (Å²) in [6.45, 7) is 7.71. The molecule has 2 N–H and O–H groups in total. The van der Waals surface area contributed by atoms with E-state index in [1.165, 1.54) is 16.8 Å². The third-order valence-corrected chi connectivity index (χ3v) is 15.9. The van der Waals surface area contributed by atoms with Gasteiger partial charge >= 0.3 is 0 Å². The largest absolute Gasteiger partial charge is 0.368 e. The summed E-state index contributed by atoms with van der Waals surface area (Å²) in [5.74, 6) is 3.50. The second-order valence-electron chi connectivity index (χ2n) is 14.2. The normalized spacial score (nSPS) is 20.4. The Morgan fingerprint density at radius 2 is 1.67 bits per heavy atom. The van der Waals surface area contributed by atoms with E-state index in [-0.39, 0.29) is 0 Å². The van der Waals surface area contributed by atoms with Crippen LogP contribution in [0.3, 0.4) is 0 Å². The highest BCUT2D eigenvalue weighted by Gasteiger charge is 2.30. The van der Waals surface area contributed by atoms with E-state index in [4.69, 9.17) is 12.2 Å². The predicted molar refractivity (Wildman–Crippen MR) is 230 cm³/mol. The van der Waals surface area contributed by atoms with Crippen LogP contribution in [0.5, 0.6) is 0 Å². The smallest absolute Gasteiger partial charge is 0.267 e. The Hall–Kier alpha value is -3.18. The number of aromatic nitrogens is 1. The molecule has 0 bridgehead atoms. The number of allylic oxidation sites excluding steroid dienone is 5. The molecule has 54 heavy (non-hydrogen) atoms. The van der Waals surface area contributed by atoms with Gasteiger partial charge in [0.25, 0.3) is 15.1 Å². The Morgan fingerprint density at radius 3 is 2.37 bits per heavy atom. The summed E-state index contributed by atoms with van der Waals surface area (Å²) in [5, 5.41) is 1.65. The molecule has 1 aliphatic carbocycles. The van der Waals surface area contributed by atoms with Crippen LogP contribution >= 0.6 is 35.3 Å². The number of aryl methyl sites for hydroxylation is 1. The lowest BCUT2D eigenvalue weighted by Crippen LogP contribution is -2.51. The summed E-state index contributed by atoms with van der Waals surface area (Å²) >= 11 is 9.10. The Labute approximate surface area is 334 Å². The number of nitrogens with zero attached hydrogens (tertiary/aromatic N) is 5. The van der Waals surface area contributed by atoms with Crippen molar-refractivity contribution in [3.05, 3.63) is 93.6 Å². The number of rotatable bonds is 12. The molecule has 2 aromatic carbocycles. The average Bonchev–Trinajstić information content (AvgIpc) is 3.82. The van der Waals surface area contributed by atoms with Crippen LogP contribution in [0.1, 0.15) is 44.5 Å². The van der Waals surface area contributed by atoms with Crippen LogP contribution in [0, 0.1) is 0 Å². The van der Waals surface area contributed by atoms with E-state index in [9.17, 15) is 21.7 Å². The van der Waals surface area contributed by atoms with Crippen molar-refractivity contribution in [2.75, 3.05) is 51.7 Å². The maximum atomic E-state index is 12.3. The van der Waals surface area contributed by atoms with Crippen molar-refractivity contribution in [1.29, 1.82) is 0 Å². The lowest BCUT2D eigenvalue weighted by molar-refractivity contribution is -0.669. The quantitative estimate of drug-likeness (QED) is 0.115. The summed E-state index contributed by atoms with van der Waals surface area (Å²) in [6, 6.07) is 16.4. The highest BCUT2D eigenvalue weighted by molar-refractivity contribution is 8.03. The van der Waals surface area contributed by atoms with Crippen LogP contribution < -0.4 is 9.47 Å². The Balaban J connectivity index is 1.34. The molecule has 1 fully saturated rings. The summed E-state index contributed by atoms with van der Waals surface area (Å²) in [7, 11) is -3.29. The van der Waals surface area contributed by atoms with Gasteiger partial charge in [-0.2, -0.15) is 13.0 Å². The molecule has 3 heterocycles. The van der Waals surface area contributed by atoms with Gasteiger partial charge in [-0.3, -0.25) is 4.55 Å². The van der Waals surface area contributed by atoms with Crippen molar-refractivity contribution in [1.82, 2.24) is 14.7 Å². The van der Waals surface area contributed by atoms with Gasteiger partial charge in [-0.1, -0.05) is 53.4 Å². The predicted octanol–water partition coefficient (Wildman–Crippen LogP) is 6.73. The second-order valence-corrected chi connectivity index (χ2v) is 20.7. The molecule has 3 atom stereocenters. The molecular formula is C39H50N5O5S5+. The van der Waals surface area contributed by atoms with E-state index < -0.39 is 30.4 Å². The molecule has 15 heteroatoms. The standard InChI is InChI=1S/C39H49N5O5S5/c1-28(53(5,45)46)20-22-43-32-10-6-8-12-34(32)51-36(43)18-16-30-14-15-31(38(30)41-24-26-42(27-25-41)39(50)40(3)4)17-19-37-44(23-21-29(2)54(47,48)49)33-11-7-9-13-35(33)52-37/h6-13,16-19,28-29H,5,14-15,20-27H2,1-4H3,(H-,45,46,47,48,49)/p+1. The number of benzene rings is 2. The van der Waals surface area contributed by atoms with Crippen molar-refractivity contribution < 1.29 is 26.3 Å². The highest BCUT2D eigenvalue weighted by Crippen LogP contribution is 2.46. The molecule has 1 aromatic heterocycles. The molecule has 0 radical (unpaired) electrons. The van der Waals surface area contributed by atoms with E-state index in [0.29, 0.717) is 25.9 Å². The molecule has 1 saturated heterocycles. The minimum Gasteiger partial charge on any atom is -0.368 e. The molecular weight excluding hydrogens is 779 g/mol. The Bertz CT molecular complexity index is 2230. The molecule has 2 aliphatic heterocycles. The second kappa shape index (κ2) is 16.9. The van der Waals surface area contributed by atoms with Crippen molar-refractivity contribution in [2.45, 2.75) is 61.5 Å². The summed E-state index contributed by atoms with van der Waals surface area (Å²) in [4.78, 5) is 10.0. The van der Waals surface area contributed by atoms with Gasteiger partial charge in [0.05, 0.1) is 31.0 Å². The number of thioether (sulfide) groups is 1. The van der Waals surface area contributed by atoms with Gasteiger partial charge in [-0.25, -0.2) is 4.21 Å². The van der Waals surface area contributed by atoms with Gasteiger partial charge in [-0.05, 0) is 92.7 Å². The third-order valence-electron chi connectivity index (χ3n) is 10.3. The van der Waals surface area contributed by atoms with Crippen molar-refractivity contribution in [3.8, 4) is 0 Å². The number of fused-ring (bicyclic) bond motifs is 2. The fraction of sp³-hybridized carbons (Fsp3) is 0.410. The van der Waals surface area contributed by atoms with E-state index in [1.54, 1.807) is 36.9 Å². The number of para-hydroxylation sites is 2. The summed E-state index contributed by atoms with van der Waals surface area (Å²) in [5.41, 5.74) is 5.90. The SMILES string of the molecule is C=S(=O)(O)C(C)CC[n+]1c(/C=C/C2=C(N3CCN(C(=S)N(C)C)CC3)C(=C/C=C3\Sc4ccccc4N3CCC(C)S(=O)(=O)O)/CC2)sc2ccccc21. The zero-order valence-electron chi connectivity index (χ0n) is 31.3. The number of thiazole rings is 1. The van der Waals surface area contributed by atoms with Crippen LogP contribution in [-0.2, 0) is 26.5 Å². The van der Waals surface area contributed by atoms with E-state index in [1.807, 2.05) is 43.3 Å². The lowest BCUT2D eigenvalue weighted by atomic mass is 10.1. The molecule has 3 aliphatic rings. The molecule has 0 amide bonds. The first-order chi connectivity index (χ1) is 25.6. The van der Waals surface area contributed by atoms with Gasteiger partial charge in [0.2, 0.25) is 5.52 Å². The summed E-state index contributed by atoms with van der Waals surface area (Å²) < 4.78 is 59.1. The van der Waals surface area contributed by atoms with Crippen molar-refractivity contribution in [3.63, 3.8) is 0 Å². The van der Waals surface area contributed by atoms with Crippen molar-refractivity contribution in [2.24, 2.45) is 0 Å². The fourth-order valence-corrected chi connectivity index (χ4v) is 10.2. The topological polar surface area (TPSA) is 109 Å². The number of thiocarbonyl (C=S) groups is 1. The lowest BCUT2D eigenvalue weighted by Gasteiger charge is -2.40. The molecule has 0 saturated carbocycles. The monoisotopic (exact) mass is 828 g/mol. The number of hydrogen-bond acceptors (Lipinski definition) is 8. The number of anilines is 1. The zero-order chi connectivity index (χ0) is 38.8. The minimum absolute atomic E-state index is 0.297. The Morgan fingerprint density at radius 1 is 0.963 bits per heavy atom. The van der Waals surface area contributed by atoms with Crippen molar-refractivity contribution >= 4 is 88.2 Å². The molecule has 10 nitrogen and oxygen atoms in total. The van der Waals surface area contributed by atoms with Gasteiger partial charge in [0.15, 0.2) is 11.7 Å². The van der Waals surface area contributed by atoms with Gasteiger partial charge in [0, 0.05) is 76.0 Å². The molecule has 0 spiro atoms. The first kappa shape index (κ1) is 40.5. The maximum absolute atomic E-state index is 12.3. The Kier molecular flexibility index (Phi) is 12.7. The van der Waals surface area contributed by atoms with E-state index in [0.717, 1.165) is 75.0 Å². The van der Waals surface area contributed by atoms with Crippen LogP contribution in [0.4, 0.5) is 5.69 Å². The molecule has 3 aromatic rings. The van der Waals surface area contributed by atoms with Gasteiger partial charge in [-0.15, -0.1) is 0 Å². The molecule has 3 unspecified atom stereocenters. The van der Waals surface area contributed by atoms with E-state index >= 15 is 0 Å². The zero-order valence-corrected chi connectivity index (χ0v) is 35.3. The average molecular weight is 829 g/mol. The number of hydrogen-bond donors (Lipinski definition) is 2. The minimum atomic E-state index is -4.13. The van der Waals surface area contributed by atoms with Crippen LogP contribution in [0.2, 0.25) is 0 Å². The fourth-order valence-electron chi connectivity index (χ4n) is 6.96. The molecule has 290 valence electrons. The first-order valence-corrected chi connectivity index (χ1v) is 23.4. The van der Waals surface area contributed by atoms with E-state index in [2.05, 4.69) is 73.7 Å².